The maximum Gasteiger partial charge on any atom is 0.0951 e. The van der Waals surface area contributed by atoms with E-state index in [-0.39, 0.29) is 0 Å². The molecule has 0 saturated carbocycles. The predicted molar refractivity (Wildman–Crippen MR) is 72.1 cm³/mol. The van der Waals surface area contributed by atoms with Crippen LogP contribution in [0.5, 0.6) is 0 Å². The zero-order valence-electron chi connectivity index (χ0n) is 11.8. The van der Waals surface area contributed by atoms with Crippen molar-refractivity contribution in [3.8, 4) is 0 Å². The van der Waals surface area contributed by atoms with Gasteiger partial charge in [0, 0.05) is 24.8 Å². The standard InChI is InChI=1S/C13H26N4/c1-11(2)15-9-13-8-14-10-17(13)12(3)6-7-16(4)5/h8,10-12,15H,6-7,9H2,1-5H3. The SMILES string of the molecule is CC(C)NCc1cncn1C(C)CCN(C)C. The number of imidazole rings is 1. The second kappa shape index (κ2) is 6.77. The van der Waals surface area contributed by atoms with Crippen LogP contribution in [-0.2, 0) is 6.54 Å². The van der Waals surface area contributed by atoms with E-state index in [4.69, 9.17) is 0 Å². The number of aromatic nitrogens is 2. The van der Waals surface area contributed by atoms with Crippen LogP contribution in [0.25, 0.3) is 0 Å². The Morgan fingerprint density at radius 1 is 1.35 bits per heavy atom. The highest BCUT2D eigenvalue weighted by Crippen LogP contribution is 2.14. The van der Waals surface area contributed by atoms with Crippen LogP contribution in [0.3, 0.4) is 0 Å². The van der Waals surface area contributed by atoms with Gasteiger partial charge in [0.2, 0.25) is 0 Å². The minimum atomic E-state index is 0.504. The molecule has 0 aliphatic carbocycles. The van der Waals surface area contributed by atoms with Gasteiger partial charge in [-0.3, -0.25) is 0 Å². The van der Waals surface area contributed by atoms with Crippen molar-refractivity contribution < 1.29 is 0 Å². The van der Waals surface area contributed by atoms with Crippen LogP contribution in [-0.4, -0.2) is 41.1 Å². The molecule has 4 heteroatoms. The van der Waals surface area contributed by atoms with Gasteiger partial charge < -0.3 is 14.8 Å². The average molecular weight is 238 g/mol. The van der Waals surface area contributed by atoms with Crippen molar-refractivity contribution in [1.29, 1.82) is 0 Å². The minimum absolute atomic E-state index is 0.504. The molecule has 1 unspecified atom stereocenters. The maximum atomic E-state index is 4.26. The molecular weight excluding hydrogens is 212 g/mol. The van der Waals surface area contributed by atoms with E-state index in [0.29, 0.717) is 12.1 Å². The third-order valence-electron chi connectivity index (χ3n) is 2.91. The summed E-state index contributed by atoms with van der Waals surface area (Å²) in [5.41, 5.74) is 1.27. The zero-order valence-corrected chi connectivity index (χ0v) is 11.8. The fourth-order valence-corrected chi connectivity index (χ4v) is 1.76. The molecule has 98 valence electrons. The van der Waals surface area contributed by atoms with Gasteiger partial charge >= 0.3 is 0 Å². The first kappa shape index (κ1) is 14.2. The zero-order chi connectivity index (χ0) is 12.8. The summed E-state index contributed by atoms with van der Waals surface area (Å²) < 4.78 is 2.28. The van der Waals surface area contributed by atoms with E-state index in [0.717, 1.165) is 19.5 Å². The molecule has 1 aromatic rings. The molecule has 17 heavy (non-hydrogen) atoms. The Morgan fingerprint density at radius 2 is 2.06 bits per heavy atom. The van der Waals surface area contributed by atoms with Crippen molar-refractivity contribution in [3.63, 3.8) is 0 Å². The van der Waals surface area contributed by atoms with Crippen molar-refractivity contribution >= 4 is 0 Å². The summed E-state index contributed by atoms with van der Waals surface area (Å²) in [5, 5.41) is 3.44. The van der Waals surface area contributed by atoms with Gasteiger partial charge in [-0.2, -0.15) is 0 Å². The maximum absolute atomic E-state index is 4.26. The molecule has 0 bridgehead atoms. The lowest BCUT2D eigenvalue weighted by atomic mass is 10.2. The lowest BCUT2D eigenvalue weighted by molar-refractivity contribution is 0.353. The molecule has 1 aromatic heterocycles. The number of hydrogen-bond donors (Lipinski definition) is 1. The van der Waals surface area contributed by atoms with E-state index in [2.05, 4.69) is 54.6 Å². The first-order valence-corrected chi connectivity index (χ1v) is 6.39. The van der Waals surface area contributed by atoms with Crippen molar-refractivity contribution in [3.05, 3.63) is 18.2 Å². The first-order chi connectivity index (χ1) is 8.00. The normalized spacial score (nSPS) is 13.6. The van der Waals surface area contributed by atoms with Crippen molar-refractivity contribution in [2.24, 2.45) is 0 Å². The van der Waals surface area contributed by atoms with Gasteiger partial charge in [0.05, 0.1) is 12.0 Å². The summed E-state index contributed by atoms with van der Waals surface area (Å²) in [6.07, 6.45) is 5.05. The molecule has 0 aliphatic heterocycles. The van der Waals surface area contributed by atoms with Crippen LogP contribution in [0.4, 0.5) is 0 Å². The Balaban J connectivity index is 2.54. The average Bonchev–Trinajstić information content (AvgIpc) is 2.71. The van der Waals surface area contributed by atoms with Crippen LogP contribution >= 0.6 is 0 Å². The van der Waals surface area contributed by atoms with Crippen molar-refractivity contribution in [2.75, 3.05) is 20.6 Å². The first-order valence-electron chi connectivity index (χ1n) is 6.39. The summed E-state index contributed by atoms with van der Waals surface area (Å²) in [6, 6.07) is 1.01. The fourth-order valence-electron chi connectivity index (χ4n) is 1.76. The van der Waals surface area contributed by atoms with Gasteiger partial charge in [0.1, 0.15) is 0 Å². The smallest absolute Gasteiger partial charge is 0.0951 e. The lowest BCUT2D eigenvalue weighted by Crippen LogP contribution is -2.24. The van der Waals surface area contributed by atoms with Crippen LogP contribution in [0.1, 0.15) is 38.9 Å². The molecule has 1 atom stereocenters. The molecular formula is C13H26N4. The molecule has 1 heterocycles. The molecule has 0 fully saturated rings. The molecule has 0 amide bonds. The number of nitrogens with zero attached hydrogens (tertiary/aromatic N) is 3. The summed E-state index contributed by atoms with van der Waals surface area (Å²) in [4.78, 5) is 6.48. The summed E-state index contributed by atoms with van der Waals surface area (Å²) in [6.45, 7) is 8.58. The lowest BCUT2D eigenvalue weighted by Gasteiger charge is -2.19. The van der Waals surface area contributed by atoms with E-state index in [1.165, 1.54) is 5.69 Å². The fraction of sp³-hybridized carbons (Fsp3) is 0.769. The summed E-state index contributed by atoms with van der Waals surface area (Å²) >= 11 is 0. The summed E-state index contributed by atoms with van der Waals surface area (Å²) in [7, 11) is 4.23. The largest absolute Gasteiger partial charge is 0.331 e. The molecule has 1 rings (SSSR count). The van der Waals surface area contributed by atoms with Gasteiger partial charge in [-0.25, -0.2) is 4.98 Å². The molecule has 0 aromatic carbocycles. The Morgan fingerprint density at radius 3 is 2.65 bits per heavy atom. The number of hydrogen-bond acceptors (Lipinski definition) is 3. The van der Waals surface area contributed by atoms with Crippen LogP contribution in [0.15, 0.2) is 12.5 Å². The van der Waals surface area contributed by atoms with Crippen LogP contribution < -0.4 is 5.32 Å². The predicted octanol–water partition coefficient (Wildman–Crippen LogP) is 1.89. The Bertz CT molecular complexity index is 317. The van der Waals surface area contributed by atoms with Crippen molar-refractivity contribution in [2.45, 2.75) is 45.8 Å². The summed E-state index contributed by atoms with van der Waals surface area (Å²) in [5.74, 6) is 0. The topological polar surface area (TPSA) is 33.1 Å². The second-order valence-corrected chi connectivity index (χ2v) is 5.27. The van der Waals surface area contributed by atoms with E-state index >= 15 is 0 Å². The molecule has 0 saturated heterocycles. The van der Waals surface area contributed by atoms with E-state index in [1.54, 1.807) is 0 Å². The van der Waals surface area contributed by atoms with E-state index in [1.807, 2.05) is 12.5 Å². The van der Waals surface area contributed by atoms with Gasteiger partial charge in [-0.1, -0.05) is 13.8 Å². The van der Waals surface area contributed by atoms with Crippen LogP contribution in [0, 0.1) is 0 Å². The van der Waals surface area contributed by atoms with Gasteiger partial charge in [0.15, 0.2) is 0 Å². The Kier molecular flexibility index (Phi) is 5.65. The Hall–Kier alpha value is -0.870. The van der Waals surface area contributed by atoms with Crippen LogP contribution in [0.2, 0.25) is 0 Å². The van der Waals surface area contributed by atoms with Gasteiger partial charge in [0.25, 0.3) is 0 Å². The quantitative estimate of drug-likeness (QED) is 0.787. The monoisotopic (exact) mass is 238 g/mol. The van der Waals surface area contributed by atoms with E-state index < -0.39 is 0 Å². The molecule has 0 spiro atoms. The van der Waals surface area contributed by atoms with E-state index in [9.17, 15) is 0 Å². The third kappa shape index (κ3) is 4.88. The minimum Gasteiger partial charge on any atom is -0.331 e. The molecule has 0 radical (unpaired) electrons. The highest BCUT2D eigenvalue weighted by molar-refractivity contribution is 5.00. The highest BCUT2D eigenvalue weighted by atomic mass is 15.1. The molecule has 0 aliphatic rings. The van der Waals surface area contributed by atoms with Crippen molar-refractivity contribution in [1.82, 2.24) is 19.8 Å². The highest BCUT2D eigenvalue weighted by Gasteiger charge is 2.09. The number of nitrogens with one attached hydrogen (secondary N) is 1. The Labute approximate surface area is 105 Å². The molecule has 1 N–H and O–H groups in total. The molecule has 4 nitrogen and oxygen atoms in total. The second-order valence-electron chi connectivity index (χ2n) is 5.27. The van der Waals surface area contributed by atoms with Gasteiger partial charge in [-0.15, -0.1) is 0 Å². The number of rotatable bonds is 7. The third-order valence-corrected chi connectivity index (χ3v) is 2.91. The van der Waals surface area contributed by atoms with Gasteiger partial charge in [-0.05, 0) is 34.0 Å².